The van der Waals surface area contributed by atoms with Crippen LogP contribution in [0.3, 0.4) is 0 Å². The number of alkyl halides is 1. The van der Waals surface area contributed by atoms with Gasteiger partial charge >= 0.3 is 0 Å². The number of nitrogens with zero attached hydrogens (tertiary/aromatic N) is 3. The van der Waals surface area contributed by atoms with Crippen LogP contribution >= 0.6 is 15.9 Å². The van der Waals surface area contributed by atoms with E-state index in [1.165, 1.54) is 12.1 Å². The second kappa shape index (κ2) is 6.37. The molecule has 120 valence electrons. The number of fused-ring (bicyclic) bond motifs is 1. The lowest BCUT2D eigenvalue weighted by molar-refractivity contribution is 0.307. The molecule has 1 heterocycles. The van der Waals surface area contributed by atoms with Crippen LogP contribution in [0.2, 0.25) is 0 Å². The molecule has 0 spiro atoms. The van der Waals surface area contributed by atoms with Crippen molar-refractivity contribution in [3.8, 4) is 12.1 Å². The van der Waals surface area contributed by atoms with E-state index in [9.17, 15) is 18.9 Å². The van der Waals surface area contributed by atoms with E-state index in [0.717, 1.165) is 9.87 Å². The Morgan fingerprint density at radius 3 is 2.08 bits per heavy atom. The molecule has 1 aliphatic rings. The molecule has 0 amide bonds. The number of nitriles is 2. The largest absolute Gasteiger partial charge is 0.245 e. The van der Waals surface area contributed by atoms with Crippen LogP contribution < -0.4 is 0 Å². The van der Waals surface area contributed by atoms with Gasteiger partial charge in [-0.2, -0.15) is 14.8 Å². The topological polar surface area (TPSA) is 85.0 Å². The van der Waals surface area contributed by atoms with Crippen molar-refractivity contribution in [2.24, 2.45) is 0 Å². The SMILES string of the molecule is N#C[C@H]1c2ccccc2[C@@H](Br)[C@H](C#N)N1S(=O)(=O)c1ccccc1. The van der Waals surface area contributed by atoms with Crippen LogP contribution in [0, 0.1) is 22.7 Å². The molecule has 0 unspecified atom stereocenters. The van der Waals surface area contributed by atoms with Gasteiger partial charge < -0.3 is 0 Å². The molecule has 7 heteroatoms. The fraction of sp³-hybridized carbons (Fsp3) is 0.176. The lowest BCUT2D eigenvalue weighted by Crippen LogP contribution is -2.47. The molecule has 2 aromatic rings. The van der Waals surface area contributed by atoms with Crippen molar-refractivity contribution in [2.75, 3.05) is 0 Å². The summed E-state index contributed by atoms with van der Waals surface area (Å²) in [6, 6.07) is 16.9. The molecule has 3 rings (SSSR count). The van der Waals surface area contributed by atoms with Crippen molar-refractivity contribution in [3.63, 3.8) is 0 Å². The van der Waals surface area contributed by atoms with Crippen molar-refractivity contribution in [3.05, 3.63) is 65.7 Å². The van der Waals surface area contributed by atoms with Gasteiger partial charge in [-0.1, -0.05) is 58.4 Å². The number of benzene rings is 2. The number of hydrogen-bond acceptors (Lipinski definition) is 4. The zero-order valence-electron chi connectivity index (χ0n) is 12.4. The average molecular weight is 402 g/mol. The highest BCUT2D eigenvalue weighted by atomic mass is 79.9. The van der Waals surface area contributed by atoms with Gasteiger partial charge in [-0.3, -0.25) is 0 Å². The molecule has 3 atom stereocenters. The average Bonchev–Trinajstić information content (AvgIpc) is 2.62. The van der Waals surface area contributed by atoms with Gasteiger partial charge in [0.2, 0.25) is 10.0 Å². The molecule has 1 aliphatic heterocycles. The minimum atomic E-state index is -4.00. The molecule has 5 nitrogen and oxygen atoms in total. The van der Waals surface area contributed by atoms with Gasteiger partial charge in [0.1, 0.15) is 12.1 Å². The number of halogens is 1. The van der Waals surface area contributed by atoms with Crippen molar-refractivity contribution in [1.82, 2.24) is 4.31 Å². The van der Waals surface area contributed by atoms with Crippen molar-refractivity contribution in [2.45, 2.75) is 21.8 Å². The van der Waals surface area contributed by atoms with Crippen LogP contribution in [0.15, 0.2) is 59.5 Å². The molecule has 0 aliphatic carbocycles. The van der Waals surface area contributed by atoms with E-state index in [0.29, 0.717) is 5.56 Å². The van der Waals surface area contributed by atoms with E-state index < -0.39 is 26.9 Å². The minimum absolute atomic E-state index is 0.0598. The molecule has 0 saturated heterocycles. The molecule has 0 N–H and O–H groups in total. The summed E-state index contributed by atoms with van der Waals surface area (Å²) in [7, 11) is -4.00. The zero-order chi connectivity index (χ0) is 17.3. The third-order valence-electron chi connectivity index (χ3n) is 3.97. The number of sulfonamides is 1. The first-order valence-corrected chi connectivity index (χ1v) is 9.48. The number of rotatable bonds is 2. The van der Waals surface area contributed by atoms with Gasteiger partial charge in [0.05, 0.1) is 21.9 Å². The first-order valence-electron chi connectivity index (χ1n) is 7.13. The normalized spacial score (nSPS) is 23.7. The fourth-order valence-electron chi connectivity index (χ4n) is 2.86. The van der Waals surface area contributed by atoms with E-state index >= 15 is 0 Å². The van der Waals surface area contributed by atoms with Crippen molar-refractivity contribution >= 4 is 26.0 Å². The summed E-state index contributed by atoms with van der Waals surface area (Å²) in [5, 5.41) is 19.2. The molecule has 0 fully saturated rings. The Morgan fingerprint density at radius 1 is 0.917 bits per heavy atom. The maximum absolute atomic E-state index is 13.1. The molecule has 0 radical (unpaired) electrons. The Bertz CT molecular complexity index is 948. The van der Waals surface area contributed by atoms with Crippen LogP contribution in [0.1, 0.15) is 22.0 Å². The Labute approximate surface area is 148 Å². The quantitative estimate of drug-likeness (QED) is 0.722. The lowest BCUT2D eigenvalue weighted by Gasteiger charge is -2.38. The highest BCUT2D eigenvalue weighted by Gasteiger charge is 2.46. The maximum Gasteiger partial charge on any atom is 0.245 e. The van der Waals surface area contributed by atoms with Gasteiger partial charge in [-0.15, -0.1) is 0 Å². The first-order chi connectivity index (χ1) is 11.5. The van der Waals surface area contributed by atoms with E-state index in [-0.39, 0.29) is 4.90 Å². The second-order valence-electron chi connectivity index (χ2n) is 5.28. The van der Waals surface area contributed by atoms with E-state index in [2.05, 4.69) is 15.9 Å². The molecular weight excluding hydrogens is 390 g/mol. The van der Waals surface area contributed by atoms with Crippen LogP contribution in [-0.4, -0.2) is 18.8 Å². The number of hydrogen-bond donors (Lipinski definition) is 0. The van der Waals surface area contributed by atoms with Crippen LogP contribution in [0.25, 0.3) is 0 Å². The van der Waals surface area contributed by atoms with Gasteiger partial charge in [0, 0.05) is 0 Å². The summed E-state index contributed by atoms with van der Waals surface area (Å²) in [5.41, 5.74) is 1.35. The summed E-state index contributed by atoms with van der Waals surface area (Å²) in [6.07, 6.45) is 0. The standard InChI is InChI=1S/C17H12BrN3O2S/c18-17-14-9-5-4-8-13(14)15(10-19)21(16(17)11-20)24(22,23)12-6-2-1-3-7-12/h1-9,15-17H/t15-,16-,17+/m0/s1. The summed E-state index contributed by atoms with van der Waals surface area (Å²) < 4.78 is 27.2. The minimum Gasteiger partial charge on any atom is -0.207 e. The Kier molecular flexibility index (Phi) is 4.42. The molecule has 2 aromatic carbocycles. The summed E-state index contributed by atoms with van der Waals surface area (Å²) in [5.74, 6) is 0. The van der Waals surface area contributed by atoms with Crippen LogP contribution in [0.4, 0.5) is 0 Å². The van der Waals surface area contributed by atoms with E-state index in [1.54, 1.807) is 42.5 Å². The highest BCUT2D eigenvalue weighted by Crippen LogP contribution is 2.45. The van der Waals surface area contributed by atoms with Crippen LogP contribution in [0.5, 0.6) is 0 Å². The predicted octanol–water partition coefficient (Wildman–Crippen LogP) is 3.28. The van der Waals surface area contributed by atoms with Crippen molar-refractivity contribution in [1.29, 1.82) is 10.5 Å². The highest BCUT2D eigenvalue weighted by molar-refractivity contribution is 9.09. The van der Waals surface area contributed by atoms with E-state index in [1.807, 2.05) is 12.1 Å². The molecular formula is C17H12BrN3O2S. The Balaban J connectivity index is 2.23. The van der Waals surface area contributed by atoms with Gasteiger partial charge in [-0.25, -0.2) is 8.42 Å². The van der Waals surface area contributed by atoms with Gasteiger partial charge in [0.25, 0.3) is 0 Å². The Morgan fingerprint density at radius 2 is 1.50 bits per heavy atom. The van der Waals surface area contributed by atoms with Gasteiger partial charge in [0.15, 0.2) is 0 Å². The molecule has 0 bridgehead atoms. The zero-order valence-corrected chi connectivity index (χ0v) is 14.8. The monoisotopic (exact) mass is 401 g/mol. The van der Waals surface area contributed by atoms with Crippen molar-refractivity contribution < 1.29 is 8.42 Å². The molecule has 24 heavy (non-hydrogen) atoms. The predicted molar refractivity (Wildman–Crippen MR) is 91.3 cm³/mol. The van der Waals surface area contributed by atoms with Crippen LogP contribution in [-0.2, 0) is 10.0 Å². The maximum atomic E-state index is 13.1. The van der Waals surface area contributed by atoms with E-state index in [4.69, 9.17) is 0 Å². The molecule has 0 aromatic heterocycles. The summed E-state index contributed by atoms with van der Waals surface area (Å²) >= 11 is 3.44. The summed E-state index contributed by atoms with van der Waals surface area (Å²) in [4.78, 5) is -0.452. The third-order valence-corrected chi connectivity index (χ3v) is 6.82. The smallest absolute Gasteiger partial charge is 0.207 e. The molecule has 0 saturated carbocycles. The first kappa shape index (κ1) is 16.7. The lowest BCUT2D eigenvalue weighted by atomic mass is 9.91. The summed E-state index contributed by atoms with van der Waals surface area (Å²) in [6.45, 7) is 0. The second-order valence-corrected chi connectivity index (χ2v) is 8.11. The van der Waals surface area contributed by atoms with Gasteiger partial charge in [-0.05, 0) is 23.3 Å². The fourth-order valence-corrected chi connectivity index (χ4v) is 5.46. The third kappa shape index (κ3) is 2.51. The Hall–Kier alpha value is -2.19.